The maximum Gasteiger partial charge on any atom is 0.250 e. The summed E-state index contributed by atoms with van der Waals surface area (Å²) < 4.78 is 33.2. The van der Waals surface area contributed by atoms with Crippen LogP contribution in [0.5, 0.6) is 0 Å². The van der Waals surface area contributed by atoms with E-state index in [2.05, 4.69) is 19.9 Å². The zero-order chi connectivity index (χ0) is 25.1. The van der Waals surface area contributed by atoms with Crippen LogP contribution < -0.4 is 4.90 Å². The van der Waals surface area contributed by atoms with Crippen molar-refractivity contribution < 1.29 is 18.3 Å². The van der Waals surface area contributed by atoms with E-state index in [9.17, 15) is 13.6 Å². The highest BCUT2D eigenvalue weighted by Gasteiger charge is 2.37. The number of anilines is 1. The van der Waals surface area contributed by atoms with Crippen molar-refractivity contribution in [1.29, 1.82) is 0 Å². The van der Waals surface area contributed by atoms with Crippen LogP contribution in [0.4, 0.5) is 14.7 Å². The number of halogens is 3. The molecule has 0 spiro atoms. The second-order valence-corrected chi connectivity index (χ2v) is 9.69. The Bertz CT molecular complexity index is 1210. The molecule has 3 aromatic rings. The molecular weight excluding hydrogens is 488 g/mol. The number of carbonyl (C=O) groups excluding carboxylic acids is 1. The number of nitrogens with zero attached hydrogens (tertiary/aromatic N) is 5. The summed E-state index contributed by atoms with van der Waals surface area (Å²) in [4.78, 5) is 30.9. The molecule has 4 heterocycles. The lowest BCUT2D eigenvalue weighted by Crippen LogP contribution is -2.41. The van der Waals surface area contributed by atoms with Crippen molar-refractivity contribution in [2.75, 3.05) is 44.3 Å². The fourth-order valence-corrected chi connectivity index (χ4v) is 5.23. The number of carbonyl (C=O) groups is 1. The van der Waals surface area contributed by atoms with E-state index in [0.717, 1.165) is 18.7 Å². The molecule has 0 saturated carbocycles. The fraction of sp³-hybridized carbons (Fsp3) is 0.462. The number of pyridine rings is 1. The lowest BCUT2D eigenvalue weighted by Gasteiger charge is -2.37. The predicted molar refractivity (Wildman–Crippen MR) is 134 cm³/mol. The van der Waals surface area contributed by atoms with E-state index in [1.54, 1.807) is 36.8 Å². The summed E-state index contributed by atoms with van der Waals surface area (Å²) in [6.45, 7) is 3.19. The number of likely N-dealkylation sites (tertiary alicyclic amines) is 1. The minimum atomic E-state index is -2.66. The van der Waals surface area contributed by atoms with Gasteiger partial charge >= 0.3 is 0 Å². The second-order valence-electron chi connectivity index (χ2n) is 9.28. The van der Waals surface area contributed by atoms with Crippen molar-refractivity contribution in [3.63, 3.8) is 0 Å². The van der Waals surface area contributed by atoms with E-state index in [4.69, 9.17) is 16.3 Å². The van der Waals surface area contributed by atoms with Gasteiger partial charge in [0.1, 0.15) is 0 Å². The lowest BCUT2D eigenvalue weighted by molar-refractivity contribution is -0.0641. The topological polar surface area (TPSA) is 71.5 Å². The number of ether oxygens (including phenoxy) is 1. The van der Waals surface area contributed by atoms with Crippen molar-refractivity contribution in [3.8, 4) is 0 Å². The number of ketones is 1. The van der Waals surface area contributed by atoms with E-state index >= 15 is 0 Å². The van der Waals surface area contributed by atoms with Crippen molar-refractivity contribution in [3.05, 3.63) is 59.0 Å². The van der Waals surface area contributed by atoms with Gasteiger partial charge in [0.15, 0.2) is 5.78 Å². The molecule has 7 nitrogen and oxygen atoms in total. The fourth-order valence-electron chi connectivity index (χ4n) is 4.95. The molecular formula is C26H28ClF2N5O2. The first-order valence-corrected chi connectivity index (χ1v) is 12.6. The van der Waals surface area contributed by atoms with Gasteiger partial charge in [0.25, 0.3) is 5.92 Å². The van der Waals surface area contributed by atoms with Crippen LogP contribution in [-0.4, -0.2) is 71.0 Å². The number of alkyl halides is 2. The second kappa shape index (κ2) is 10.7. The summed E-state index contributed by atoms with van der Waals surface area (Å²) in [7, 11) is 0. The van der Waals surface area contributed by atoms with Crippen LogP contribution in [0.3, 0.4) is 0 Å². The third kappa shape index (κ3) is 5.48. The first kappa shape index (κ1) is 24.9. The Balaban J connectivity index is 1.37. The molecule has 5 rings (SSSR count). The highest BCUT2D eigenvalue weighted by Crippen LogP contribution is 2.35. The van der Waals surface area contributed by atoms with Gasteiger partial charge in [0.2, 0.25) is 5.95 Å². The highest BCUT2D eigenvalue weighted by molar-refractivity contribution is 6.35. The summed E-state index contributed by atoms with van der Waals surface area (Å²) in [5.74, 6) is -2.13. The number of morpholine rings is 1. The van der Waals surface area contributed by atoms with Crippen molar-refractivity contribution in [2.45, 2.75) is 37.6 Å². The zero-order valence-corrected chi connectivity index (χ0v) is 20.6. The SMILES string of the molecule is O=C(CCC(c1cnc(N2CCOCC2)nc1)N1CCC(F)(F)CC1)c1c(Cl)ccc2ncccc12. The Kier molecular flexibility index (Phi) is 7.41. The van der Waals surface area contributed by atoms with Crippen LogP contribution in [0, 0.1) is 0 Å². The van der Waals surface area contributed by atoms with Crippen LogP contribution in [0.25, 0.3) is 10.9 Å². The van der Waals surface area contributed by atoms with Crippen molar-refractivity contribution >= 4 is 34.2 Å². The van der Waals surface area contributed by atoms with Crippen LogP contribution in [-0.2, 0) is 4.74 Å². The van der Waals surface area contributed by atoms with Crippen LogP contribution >= 0.6 is 11.6 Å². The number of piperidine rings is 1. The average Bonchev–Trinajstić information content (AvgIpc) is 2.90. The van der Waals surface area contributed by atoms with Gasteiger partial charge in [-0.3, -0.25) is 14.7 Å². The molecule has 1 unspecified atom stereocenters. The zero-order valence-electron chi connectivity index (χ0n) is 19.9. The van der Waals surface area contributed by atoms with Gasteiger partial charge in [0.05, 0.1) is 23.8 Å². The van der Waals surface area contributed by atoms with Crippen LogP contribution in [0.15, 0.2) is 42.9 Å². The number of benzene rings is 1. The number of hydrogen-bond donors (Lipinski definition) is 0. The Morgan fingerprint density at radius 3 is 2.50 bits per heavy atom. The summed E-state index contributed by atoms with van der Waals surface area (Å²) in [5.41, 5.74) is 1.97. The minimum absolute atomic E-state index is 0.100. The van der Waals surface area contributed by atoms with E-state index in [1.165, 1.54) is 0 Å². The van der Waals surface area contributed by atoms with Gasteiger partial charge in [-0.15, -0.1) is 0 Å². The Labute approximate surface area is 213 Å². The number of fused-ring (bicyclic) bond motifs is 1. The molecule has 190 valence electrons. The molecule has 0 amide bonds. The molecule has 0 bridgehead atoms. The molecule has 1 atom stereocenters. The first-order valence-electron chi connectivity index (χ1n) is 12.2. The van der Waals surface area contributed by atoms with Crippen LogP contribution in [0.1, 0.15) is 47.6 Å². The summed E-state index contributed by atoms with van der Waals surface area (Å²) in [5, 5.41) is 1.09. The Morgan fingerprint density at radius 2 is 1.78 bits per heavy atom. The molecule has 2 fully saturated rings. The summed E-state index contributed by atoms with van der Waals surface area (Å²) >= 11 is 6.43. The lowest BCUT2D eigenvalue weighted by atomic mass is 9.94. The highest BCUT2D eigenvalue weighted by atomic mass is 35.5. The number of Topliss-reactive ketones (excluding diaryl/α,β-unsaturated/α-hetero) is 1. The largest absolute Gasteiger partial charge is 0.378 e. The van der Waals surface area contributed by atoms with Gasteiger partial charge in [-0.25, -0.2) is 18.7 Å². The smallest absolute Gasteiger partial charge is 0.250 e. The molecule has 2 aliphatic rings. The maximum atomic E-state index is 13.9. The molecule has 1 aromatic carbocycles. The monoisotopic (exact) mass is 515 g/mol. The first-order chi connectivity index (χ1) is 17.4. The van der Waals surface area contributed by atoms with E-state index in [0.29, 0.717) is 47.1 Å². The van der Waals surface area contributed by atoms with Crippen molar-refractivity contribution in [1.82, 2.24) is 19.9 Å². The third-order valence-corrected chi connectivity index (χ3v) is 7.28. The van der Waals surface area contributed by atoms with E-state index in [1.807, 2.05) is 11.0 Å². The third-order valence-electron chi connectivity index (χ3n) is 6.97. The normalized spacial score (nSPS) is 19.4. The molecule has 2 aliphatic heterocycles. The summed E-state index contributed by atoms with van der Waals surface area (Å²) in [6, 6.07) is 6.84. The van der Waals surface area contributed by atoms with Gasteiger partial charge in [-0.1, -0.05) is 17.7 Å². The van der Waals surface area contributed by atoms with E-state index < -0.39 is 5.92 Å². The molecule has 0 radical (unpaired) electrons. The van der Waals surface area contributed by atoms with E-state index in [-0.39, 0.29) is 44.2 Å². The van der Waals surface area contributed by atoms with Gasteiger partial charge in [0, 0.05) is 86.6 Å². The van der Waals surface area contributed by atoms with Gasteiger partial charge in [-0.2, -0.15) is 0 Å². The average molecular weight is 516 g/mol. The Hall–Kier alpha value is -2.75. The molecule has 2 aromatic heterocycles. The number of hydrogen-bond acceptors (Lipinski definition) is 7. The Morgan fingerprint density at radius 1 is 1.06 bits per heavy atom. The quantitative estimate of drug-likeness (QED) is 0.412. The standard InChI is InChI=1S/C26H28ClF2N5O2/c27-20-3-4-21-19(2-1-9-30-21)24(20)23(35)6-5-22(33-10-7-26(28,29)8-11-33)18-16-31-25(32-17-18)34-12-14-36-15-13-34/h1-4,9,16-17,22H,5-8,10-15H2. The van der Waals surface area contributed by atoms with Crippen LogP contribution in [0.2, 0.25) is 5.02 Å². The van der Waals surface area contributed by atoms with Gasteiger partial charge < -0.3 is 9.64 Å². The number of rotatable bonds is 7. The predicted octanol–water partition coefficient (Wildman–Crippen LogP) is 4.95. The molecule has 0 N–H and O–H groups in total. The molecule has 10 heteroatoms. The summed E-state index contributed by atoms with van der Waals surface area (Å²) in [6.07, 6.45) is 5.43. The molecule has 2 saturated heterocycles. The van der Waals surface area contributed by atoms with Crippen molar-refractivity contribution in [2.24, 2.45) is 0 Å². The number of aromatic nitrogens is 3. The molecule has 36 heavy (non-hydrogen) atoms. The molecule has 0 aliphatic carbocycles. The maximum absolute atomic E-state index is 13.9. The minimum Gasteiger partial charge on any atom is -0.378 e. The van der Waals surface area contributed by atoms with Gasteiger partial charge in [-0.05, 0) is 24.6 Å².